The molecule has 5 rings (SSSR count). The van der Waals surface area contributed by atoms with Crippen LogP contribution in [0.4, 0.5) is 9.59 Å². The van der Waals surface area contributed by atoms with Gasteiger partial charge in [-0.05, 0) is 68.9 Å². The van der Waals surface area contributed by atoms with E-state index in [4.69, 9.17) is 18.9 Å². The van der Waals surface area contributed by atoms with E-state index in [9.17, 15) is 9.59 Å². The third-order valence-electron chi connectivity index (χ3n) is 9.30. The van der Waals surface area contributed by atoms with Crippen LogP contribution in [0.2, 0.25) is 0 Å². The van der Waals surface area contributed by atoms with E-state index in [0.29, 0.717) is 5.56 Å². The van der Waals surface area contributed by atoms with Gasteiger partial charge in [-0.1, -0.05) is 158 Å². The smallest absolute Gasteiger partial charge is 0.434 e. The van der Waals surface area contributed by atoms with Crippen molar-refractivity contribution in [3.8, 4) is 22.6 Å². The molecule has 0 unspecified atom stereocenters. The van der Waals surface area contributed by atoms with Crippen molar-refractivity contribution >= 4 is 44.6 Å². The molecule has 0 aromatic heterocycles. The van der Waals surface area contributed by atoms with Gasteiger partial charge in [-0.3, -0.25) is 0 Å². The highest BCUT2D eigenvalue weighted by Crippen LogP contribution is 2.47. The molecular weight excluding hydrogens is 624 g/mol. The first kappa shape index (κ1) is 36.7. The van der Waals surface area contributed by atoms with E-state index in [1.54, 1.807) is 6.07 Å². The van der Waals surface area contributed by atoms with Gasteiger partial charge in [0.1, 0.15) is 0 Å². The SMILES string of the molecule is CCCCCCCCCOC(=O)Oc1cc2ccccc2c(-c2cccc3cc4ccccc4cc23)c1OC(=O)OCCCCCCCCC. The van der Waals surface area contributed by atoms with Crippen molar-refractivity contribution in [2.24, 2.45) is 0 Å². The Balaban J connectivity index is 1.44. The van der Waals surface area contributed by atoms with Crippen molar-refractivity contribution in [3.05, 3.63) is 84.9 Å². The number of rotatable bonds is 19. The molecule has 6 heteroatoms. The van der Waals surface area contributed by atoms with Gasteiger partial charge in [0.2, 0.25) is 0 Å². The van der Waals surface area contributed by atoms with Gasteiger partial charge in [-0.15, -0.1) is 0 Å². The monoisotopic (exact) mass is 676 g/mol. The van der Waals surface area contributed by atoms with Crippen LogP contribution in [0.15, 0.2) is 84.9 Å². The number of hydrogen-bond donors (Lipinski definition) is 0. The first-order valence-corrected chi connectivity index (χ1v) is 18.8. The summed E-state index contributed by atoms with van der Waals surface area (Å²) in [5, 5.41) is 5.93. The van der Waals surface area contributed by atoms with Crippen LogP contribution in [0.3, 0.4) is 0 Å². The molecule has 0 N–H and O–H groups in total. The molecule has 50 heavy (non-hydrogen) atoms. The normalized spacial score (nSPS) is 11.2. The van der Waals surface area contributed by atoms with Gasteiger partial charge >= 0.3 is 12.3 Å². The van der Waals surface area contributed by atoms with Crippen LogP contribution in [0.5, 0.6) is 11.5 Å². The molecule has 0 spiro atoms. The molecule has 0 fully saturated rings. The standard InChI is InChI=1S/C44H52O6/c1-3-5-7-9-11-13-19-28-47-43(45)49-40-32-36-24-17-18-26-37(36)41(42(40)50-44(46)48-29-20-14-12-10-8-6-4-2)38-27-21-25-35-30-33-22-15-16-23-34(33)31-39(35)38/h15-18,21-27,30-32H,3-14,19-20,28-29H2,1-2H3. The summed E-state index contributed by atoms with van der Waals surface area (Å²) in [5.74, 6) is 0.232. The summed E-state index contributed by atoms with van der Waals surface area (Å²) in [6, 6.07) is 28.2. The summed E-state index contributed by atoms with van der Waals surface area (Å²) < 4.78 is 23.0. The lowest BCUT2D eigenvalue weighted by Gasteiger charge is -2.19. The Morgan fingerprint density at radius 2 is 0.980 bits per heavy atom. The van der Waals surface area contributed by atoms with E-state index in [1.807, 2.05) is 48.5 Å². The van der Waals surface area contributed by atoms with Gasteiger partial charge in [0.25, 0.3) is 0 Å². The largest absolute Gasteiger partial charge is 0.513 e. The maximum absolute atomic E-state index is 13.3. The number of ether oxygens (including phenoxy) is 4. The fourth-order valence-electron chi connectivity index (χ4n) is 6.59. The minimum absolute atomic E-state index is 0.105. The van der Waals surface area contributed by atoms with Crippen molar-refractivity contribution in [1.29, 1.82) is 0 Å². The molecule has 5 aromatic carbocycles. The number of hydrogen-bond acceptors (Lipinski definition) is 6. The van der Waals surface area contributed by atoms with Crippen molar-refractivity contribution in [1.82, 2.24) is 0 Å². The molecule has 0 heterocycles. The molecule has 0 saturated carbocycles. The molecule has 0 amide bonds. The van der Waals surface area contributed by atoms with Gasteiger partial charge in [-0.2, -0.15) is 0 Å². The highest BCUT2D eigenvalue weighted by Gasteiger charge is 2.25. The molecule has 0 saturated heterocycles. The predicted octanol–water partition coefficient (Wildman–Crippen LogP) is 13.3. The Morgan fingerprint density at radius 1 is 0.480 bits per heavy atom. The van der Waals surface area contributed by atoms with Crippen molar-refractivity contribution < 1.29 is 28.5 Å². The number of carbonyl (C=O) groups excluding carboxylic acids is 2. The van der Waals surface area contributed by atoms with Crippen molar-refractivity contribution in [2.45, 2.75) is 104 Å². The molecule has 0 aliphatic rings. The second-order valence-corrected chi connectivity index (χ2v) is 13.2. The first-order valence-electron chi connectivity index (χ1n) is 18.8. The Morgan fingerprint density at radius 3 is 1.62 bits per heavy atom. The number of fused-ring (bicyclic) bond motifs is 3. The summed E-state index contributed by atoms with van der Waals surface area (Å²) in [6.45, 7) is 4.93. The van der Waals surface area contributed by atoms with Crippen molar-refractivity contribution in [2.75, 3.05) is 13.2 Å². The lowest BCUT2D eigenvalue weighted by molar-refractivity contribution is 0.0878. The summed E-state index contributed by atoms with van der Waals surface area (Å²) in [6.07, 6.45) is 13.9. The van der Waals surface area contributed by atoms with Gasteiger partial charge in [0.05, 0.1) is 13.2 Å². The van der Waals surface area contributed by atoms with Gasteiger partial charge in [0.15, 0.2) is 11.5 Å². The Kier molecular flexibility index (Phi) is 14.4. The fourth-order valence-corrected chi connectivity index (χ4v) is 6.59. The van der Waals surface area contributed by atoms with E-state index in [2.05, 4.69) is 44.2 Å². The Bertz CT molecular complexity index is 1840. The van der Waals surface area contributed by atoms with E-state index in [1.165, 1.54) is 51.4 Å². The van der Waals surface area contributed by atoms with Crippen LogP contribution in [-0.2, 0) is 9.47 Å². The molecule has 5 aromatic rings. The quantitative estimate of drug-likeness (QED) is 0.0375. The molecule has 264 valence electrons. The van der Waals surface area contributed by atoms with Crippen LogP contribution in [0.25, 0.3) is 43.4 Å². The van der Waals surface area contributed by atoms with Crippen LogP contribution >= 0.6 is 0 Å². The summed E-state index contributed by atoms with van der Waals surface area (Å²) in [4.78, 5) is 26.4. The second-order valence-electron chi connectivity index (χ2n) is 13.2. The Hall–Kier alpha value is -4.58. The molecule has 0 radical (unpaired) electrons. The first-order chi connectivity index (χ1) is 24.6. The number of benzene rings is 5. The van der Waals surface area contributed by atoms with Crippen LogP contribution < -0.4 is 9.47 Å². The third-order valence-corrected chi connectivity index (χ3v) is 9.30. The van der Waals surface area contributed by atoms with Crippen LogP contribution in [0, 0.1) is 0 Å². The zero-order valence-corrected chi connectivity index (χ0v) is 29.8. The van der Waals surface area contributed by atoms with Crippen LogP contribution in [-0.4, -0.2) is 25.5 Å². The van der Waals surface area contributed by atoms with Gasteiger partial charge < -0.3 is 18.9 Å². The average Bonchev–Trinajstić information content (AvgIpc) is 3.13. The maximum Gasteiger partial charge on any atom is 0.513 e. The molecule has 0 atom stereocenters. The third kappa shape index (κ3) is 10.2. The van der Waals surface area contributed by atoms with E-state index < -0.39 is 12.3 Å². The highest BCUT2D eigenvalue weighted by molar-refractivity contribution is 6.12. The fraction of sp³-hybridized carbons (Fsp3) is 0.409. The minimum atomic E-state index is -0.834. The molecular formula is C44H52O6. The van der Waals surface area contributed by atoms with E-state index in [-0.39, 0.29) is 24.7 Å². The zero-order valence-electron chi connectivity index (χ0n) is 29.8. The lowest BCUT2D eigenvalue weighted by atomic mass is 9.91. The predicted molar refractivity (Wildman–Crippen MR) is 204 cm³/mol. The number of carbonyl (C=O) groups is 2. The Labute approximate surface area is 297 Å². The maximum atomic E-state index is 13.3. The lowest BCUT2D eigenvalue weighted by Crippen LogP contribution is -2.16. The minimum Gasteiger partial charge on any atom is -0.434 e. The van der Waals surface area contributed by atoms with E-state index in [0.717, 1.165) is 76.4 Å². The zero-order chi connectivity index (χ0) is 35.0. The molecule has 0 aliphatic carbocycles. The second kappa shape index (κ2) is 19.6. The summed E-state index contributed by atoms with van der Waals surface area (Å²) >= 11 is 0. The van der Waals surface area contributed by atoms with Gasteiger partial charge in [-0.25, -0.2) is 9.59 Å². The van der Waals surface area contributed by atoms with Crippen LogP contribution in [0.1, 0.15) is 104 Å². The molecule has 0 aliphatic heterocycles. The van der Waals surface area contributed by atoms with E-state index >= 15 is 0 Å². The highest BCUT2D eigenvalue weighted by atomic mass is 16.7. The van der Waals surface area contributed by atoms with Gasteiger partial charge in [0, 0.05) is 5.56 Å². The molecule has 6 nitrogen and oxygen atoms in total. The summed E-state index contributed by atoms with van der Waals surface area (Å²) in [5.41, 5.74) is 1.49. The average molecular weight is 677 g/mol. The number of unbranched alkanes of at least 4 members (excludes halogenated alkanes) is 12. The topological polar surface area (TPSA) is 71.1 Å². The molecule has 0 bridgehead atoms. The summed E-state index contributed by atoms with van der Waals surface area (Å²) in [7, 11) is 0. The van der Waals surface area contributed by atoms with Crippen molar-refractivity contribution in [3.63, 3.8) is 0 Å².